The SMILES string of the molecule is C[C@@H](CCc1ccccc1)NS(=O)(=O)c1ccc(Cl)nc1. The van der Waals surface area contributed by atoms with Crippen molar-refractivity contribution >= 4 is 21.6 Å². The minimum atomic E-state index is -3.55. The molecule has 0 aliphatic rings. The molecule has 1 aromatic carbocycles. The van der Waals surface area contributed by atoms with Gasteiger partial charge in [-0.05, 0) is 37.5 Å². The number of nitrogens with one attached hydrogen (secondary N) is 1. The molecule has 0 amide bonds. The molecule has 0 fully saturated rings. The second-order valence-electron chi connectivity index (χ2n) is 4.86. The highest BCUT2D eigenvalue weighted by atomic mass is 35.5. The molecule has 1 N–H and O–H groups in total. The summed E-state index contributed by atoms with van der Waals surface area (Å²) in [6, 6.07) is 12.7. The van der Waals surface area contributed by atoms with E-state index in [0.717, 1.165) is 12.8 Å². The van der Waals surface area contributed by atoms with Crippen molar-refractivity contribution in [3.8, 4) is 0 Å². The summed E-state index contributed by atoms with van der Waals surface area (Å²) in [4.78, 5) is 3.92. The Balaban J connectivity index is 1.95. The summed E-state index contributed by atoms with van der Waals surface area (Å²) in [5, 5.41) is 0.270. The Labute approximate surface area is 130 Å². The second-order valence-corrected chi connectivity index (χ2v) is 6.96. The number of nitrogens with zero attached hydrogens (tertiary/aromatic N) is 1. The Morgan fingerprint density at radius 1 is 1.19 bits per heavy atom. The van der Waals surface area contributed by atoms with Crippen LogP contribution >= 0.6 is 11.6 Å². The largest absolute Gasteiger partial charge is 0.243 e. The van der Waals surface area contributed by atoms with Gasteiger partial charge in [0, 0.05) is 12.2 Å². The van der Waals surface area contributed by atoms with Crippen LogP contribution in [-0.4, -0.2) is 19.4 Å². The summed E-state index contributed by atoms with van der Waals surface area (Å²) < 4.78 is 27.0. The molecule has 0 spiro atoms. The smallest absolute Gasteiger partial charge is 0.242 e. The minimum absolute atomic E-state index is 0.124. The molecule has 0 unspecified atom stereocenters. The third kappa shape index (κ3) is 4.81. The third-order valence-corrected chi connectivity index (χ3v) is 4.87. The van der Waals surface area contributed by atoms with Crippen LogP contribution in [0.1, 0.15) is 18.9 Å². The van der Waals surface area contributed by atoms with Crippen LogP contribution < -0.4 is 4.72 Å². The Bertz CT molecular complexity index is 673. The van der Waals surface area contributed by atoms with E-state index in [1.807, 2.05) is 37.3 Å². The lowest BCUT2D eigenvalue weighted by Crippen LogP contribution is -2.33. The maximum Gasteiger partial charge on any atom is 0.242 e. The van der Waals surface area contributed by atoms with E-state index in [-0.39, 0.29) is 16.1 Å². The number of benzene rings is 1. The highest BCUT2D eigenvalue weighted by Gasteiger charge is 2.17. The van der Waals surface area contributed by atoms with Crippen LogP contribution in [0.2, 0.25) is 5.15 Å². The Morgan fingerprint density at radius 2 is 1.90 bits per heavy atom. The first-order valence-corrected chi connectivity index (χ1v) is 8.51. The van der Waals surface area contributed by atoms with E-state index in [0.29, 0.717) is 0 Å². The monoisotopic (exact) mass is 324 g/mol. The number of sulfonamides is 1. The zero-order valence-corrected chi connectivity index (χ0v) is 13.2. The Hall–Kier alpha value is -1.43. The van der Waals surface area contributed by atoms with E-state index in [4.69, 9.17) is 11.6 Å². The summed E-state index contributed by atoms with van der Waals surface area (Å²) >= 11 is 5.66. The van der Waals surface area contributed by atoms with Gasteiger partial charge in [0.15, 0.2) is 0 Å². The number of rotatable bonds is 6. The first-order chi connectivity index (χ1) is 9.97. The molecule has 0 saturated heterocycles. The van der Waals surface area contributed by atoms with Gasteiger partial charge in [0.05, 0.1) is 0 Å². The lowest BCUT2D eigenvalue weighted by molar-refractivity contribution is 0.546. The second kappa shape index (κ2) is 7.02. The normalized spacial score (nSPS) is 13.0. The lowest BCUT2D eigenvalue weighted by atomic mass is 10.1. The molecule has 1 atom stereocenters. The van der Waals surface area contributed by atoms with Gasteiger partial charge in [-0.2, -0.15) is 0 Å². The van der Waals surface area contributed by atoms with Crippen LogP contribution in [-0.2, 0) is 16.4 Å². The molecule has 0 aliphatic carbocycles. The van der Waals surface area contributed by atoms with E-state index in [9.17, 15) is 8.42 Å². The first kappa shape index (κ1) is 15.9. The van der Waals surface area contributed by atoms with Gasteiger partial charge in [-0.1, -0.05) is 41.9 Å². The van der Waals surface area contributed by atoms with Crippen LogP contribution in [0.15, 0.2) is 53.6 Å². The van der Waals surface area contributed by atoms with Crippen molar-refractivity contribution in [3.05, 3.63) is 59.4 Å². The quantitative estimate of drug-likeness (QED) is 0.831. The molecule has 0 bridgehead atoms. The van der Waals surface area contributed by atoms with Gasteiger partial charge in [-0.25, -0.2) is 18.1 Å². The zero-order valence-electron chi connectivity index (χ0n) is 11.7. The standard InChI is InChI=1S/C15H17ClN2O2S/c1-12(7-8-13-5-3-2-4-6-13)18-21(19,20)14-9-10-15(16)17-11-14/h2-6,9-12,18H,7-8H2,1H3/t12-/m0/s1. The molecule has 0 aliphatic heterocycles. The predicted molar refractivity (Wildman–Crippen MR) is 83.8 cm³/mol. The molecule has 1 heterocycles. The van der Waals surface area contributed by atoms with Gasteiger partial charge in [0.1, 0.15) is 10.0 Å². The molecular weight excluding hydrogens is 308 g/mol. The zero-order chi connectivity index (χ0) is 15.3. The fourth-order valence-corrected chi connectivity index (χ4v) is 3.27. The van der Waals surface area contributed by atoms with Gasteiger partial charge < -0.3 is 0 Å². The molecular formula is C15H17ClN2O2S. The summed E-state index contributed by atoms with van der Waals surface area (Å²) in [6.07, 6.45) is 2.81. The maximum atomic E-state index is 12.2. The average molecular weight is 325 g/mol. The highest BCUT2D eigenvalue weighted by Crippen LogP contribution is 2.12. The van der Waals surface area contributed by atoms with E-state index >= 15 is 0 Å². The van der Waals surface area contributed by atoms with Gasteiger partial charge in [0.25, 0.3) is 0 Å². The van der Waals surface area contributed by atoms with Crippen LogP contribution in [0.5, 0.6) is 0 Å². The van der Waals surface area contributed by atoms with Crippen molar-refractivity contribution in [1.29, 1.82) is 0 Å². The summed E-state index contributed by atoms with van der Waals surface area (Å²) in [6.45, 7) is 1.85. The van der Waals surface area contributed by atoms with Crippen molar-refractivity contribution in [2.24, 2.45) is 0 Å². The van der Waals surface area contributed by atoms with Crippen molar-refractivity contribution in [2.75, 3.05) is 0 Å². The fraction of sp³-hybridized carbons (Fsp3) is 0.267. The van der Waals surface area contributed by atoms with Gasteiger partial charge in [-0.3, -0.25) is 0 Å². The van der Waals surface area contributed by atoms with Crippen LogP contribution in [0.3, 0.4) is 0 Å². The topological polar surface area (TPSA) is 59.1 Å². The number of halogens is 1. The molecule has 21 heavy (non-hydrogen) atoms. The summed E-state index contributed by atoms with van der Waals surface area (Å²) in [5.74, 6) is 0. The van der Waals surface area contributed by atoms with E-state index in [1.165, 1.54) is 23.9 Å². The molecule has 112 valence electrons. The number of hydrogen-bond donors (Lipinski definition) is 1. The van der Waals surface area contributed by atoms with Crippen molar-refractivity contribution in [1.82, 2.24) is 9.71 Å². The van der Waals surface area contributed by atoms with Crippen molar-refractivity contribution < 1.29 is 8.42 Å². The maximum absolute atomic E-state index is 12.2. The minimum Gasteiger partial charge on any atom is -0.243 e. The van der Waals surface area contributed by atoms with Gasteiger partial charge >= 0.3 is 0 Å². The third-order valence-electron chi connectivity index (χ3n) is 3.08. The predicted octanol–water partition coefficient (Wildman–Crippen LogP) is 3.03. The van der Waals surface area contributed by atoms with E-state index < -0.39 is 10.0 Å². The highest BCUT2D eigenvalue weighted by molar-refractivity contribution is 7.89. The van der Waals surface area contributed by atoms with Crippen LogP contribution in [0.4, 0.5) is 0 Å². The van der Waals surface area contributed by atoms with E-state index in [2.05, 4.69) is 9.71 Å². The molecule has 6 heteroatoms. The van der Waals surface area contributed by atoms with Gasteiger partial charge in [-0.15, -0.1) is 0 Å². The molecule has 0 saturated carbocycles. The molecule has 4 nitrogen and oxygen atoms in total. The first-order valence-electron chi connectivity index (χ1n) is 6.65. The Kier molecular flexibility index (Phi) is 5.33. The number of hydrogen-bond acceptors (Lipinski definition) is 3. The number of aryl methyl sites for hydroxylation is 1. The molecule has 0 radical (unpaired) electrons. The van der Waals surface area contributed by atoms with Crippen molar-refractivity contribution in [2.45, 2.75) is 30.7 Å². The fourth-order valence-electron chi connectivity index (χ4n) is 1.94. The average Bonchev–Trinajstić information content (AvgIpc) is 2.46. The molecule has 2 rings (SSSR count). The van der Waals surface area contributed by atoms with Gasteiger partial charge in [0.2, 0.25) is 10.0 Å². The molecule has 1 aromatic heterocycles. The summed E-state index contributed by atoms with van der Waals surface area (Å²) in [7, 11) is -3.55. The van der Waals surface area contributed by atoms with Crippen LogP contribution in [0.25, 0.3) is 0 Å². The number of pyridine rings is 1. The number of aromatic nitrogens is 1. The molecule has 2 aromatic rings. The van der Waals surface area contributed by atoms with Crippen molar-refractivity contribution in [3.63, 3.8) is 0 Å². The lowest BCUT2D eigenvalue weighted by Gasteiger charge is -2.14. The van der Waals surface area contributed by atoms with E-state index in [1.54, 1.807) is 0 Å². The Morgan fingerprint density at radius 3 is 2.52 bits per heavy atom. The summed E-state index contributed by atoms with van der Waals surface area (Å²) in [5.41, 5.74) is 1.19. The van der Waals surface area contributed by atoms with Crippen LogP contribution in [0, 0.1) is 0 Å².